The van der Waals surface area contributed by atoms with Crippen molar-refractivity contribution in [1.82, 2.24) is 0 Å². The van der Waals surface area contributed by atoms with Gasteiger partial charge in [-0.3, -0.25) is 5.32 Å². The van der Waals surface area contributed by atoms with Crippen LogP contribution in [-0.4, -0.2) is 17.7 Å². The summed E-state index contributed by atoms with van der Waals surface area (Å²) in [5, 5.41) is 6.37. The molecule has 1 aliphatic rings. The van der Waals surface area contributed by atoms with Crippen molar-refractivity contribution >= 4 is 17.5 Å². The number of ether oxygens (including phenoxy) is 1. The SMILES string of the molecule is CC1CC(C)CC(Nc2ccc(NC(=O)OC(C)(C)C)cc2)C1. The van der Waals surface area contributed by atoms with Gasteiger partial charge in [0.15, 0.2) is 0 Å². The standard InChI is InChI=1S/C19H30N2O2/c1-13-10-14(2)12-17(11-13)20-15-6-8-16(9-7-15)21-18(22)23-19(3,4)5/h6-9,13-14,17,20H,10-12H2,1-5H3,(H,21,22). The molecule has 1 aromatic rings. The van der Waals surface area contributed by atoms with Gasteiger partial charge in [-0.15, -0.1) is 0 Å². The molecule has 0 saturated heterocycles. The second kappa shape index (κ2) is 7.24. The monoisotopic (exact) mass is 318 g/mol. The molecule has 0 bridgehead atoms. The van der Waals surface area contributed by atoms with Gasteiger partial charge in [-0.2, -0.15) is 0 Å². The summed E-state index contributed by atoms with van der Waals surface area (Å²) >= 11 is 0. The minimum Gasteiger partial charge on any atom is -0.444 e. The van der Waals surface area contributed by atoms with Crippen LogP contribution in [0.5, 0.6) is 0 Å². The number of amides is 1. The molecule has 1 aliphatic carbocycles. The number of carbonyl (C=O) groups is 1. The normalized spacial score (nSPS) is 24.8. The van der Waals surface area contributed by atoms with Crippen molar-refractivity contribution in [3.05, 3.63) is 24.3 Å². The topological polar surface area (TPSA) is 50.4 Å². The molecule has 128 valence electrons. The predicted molar refractivity (Wildman–Crippen MR) is 95.9 cm³/mol. The molecule has 1 saturated carbocycles. The summed E-state index contributed by atoms with van der Waals surface area (Å²) in [6, 6.07) is 8.37. The zero-order valence-corrected chi connectivity index (χ0v) is 15.0. The molecule has 0 radical (unpaired) electrons. The third-order valence-electron chi connectivity index (χ3n) is 4.08. The summed E-state index contributed by atoms with van der Waals surface area (Å²) in [6.45, 7) is 10.2. The second-order valence-electron chi connectivity index (χ2n) is 7.96. The van der Waals surface area contributed by atoms with Gasteiger partial charge < -0.3 is 10.1 Å². The molecule has 23 heavy (non-hydrogen) atoms. The Morgan fingerprint density at radius 2 is 1.52 bits per heavy atom. The molecule has 2 rings (SSSR count). The van der Waals surface area contributed by atoms with Crippen molar-refractivity contribution in [2.24, 2.45) is 11.8 Å². The molecule has 0 aliphatic heterocycles. The lowest BCUT2D eigenvalue weighted by Gasteiger charge is -2.32. The van der Waals surface area contributed by atoms with Gasteiger partial charge in [0.2, 0.25) is 0 Å². The molecule has 2 N–H and O–H groups in total. The van der Waals surface area contributed by atoms with Crippen LogP contribution in [0.1, 0.15) is 53.9 Å². The lowest BCUT2D eigenvalue weighted by Crippen LogP contribution is -2.30. The number of hydrogen-bond acceptors (Lipinski definition) is 3. The van der Waals surface area contributed by atoms with Gasteiger partial charge in [0.05, 0.1) is 0 Å². The van der Waals surface area contributed by atoms with Crippen LogP contribution < -0.4 is 10.6 Å². The third-order valence-corrected chi connectivity index (χ3v) is 4.08. The van der Waals surface area contributed by atoms with Gasteiger partial charge in [-0.1, -0.05) is 13.8 Å². The Hall–Kier alpha value is -1.71. The molecule has 2 atom stereocenters. The molecule has 4 heteroatoms. The fourth-order valence-electron chi connectivity index (χ4n) is 3.37. The van der Waals surface area contributed by atoms with Gasteiger partial charge in [-0.05, 0) is 76.1 Å². The maximum Gasteiger partial charge on any atom is 0.412 e. The first-order valence-corrected chi connectivity index (χ1v) is 8.58. The van der Waals surface area contributed by atoms with Crippen LogP contribution in [0.4, 0.5) is 16.2 Å². The number of benzene rings is 1. The Morgan fingerprint density at radius 3 is 2.04 bits per heavy atom. The van der Waals surface area contributed by atoms with E-state index in [1.807, 2.05) is 45.0 Å². The fourth-order valence-corrected chi connectivity index (χ4v) is 3.37. The van der Waals surface area contributed by atoms with E-state index in [0.717, 1.165) is 23.2 Å². The lowest BCUT2D eigenvalue weighted by atomic mass is 9.80. The molecule has 1 fully saturated rings. The number of nitrogens with one attached hydrogen (secondary N) is 2. The Labute approximate surface area is 140 Å². The van der Waals surface area contributed by atoms with E-state index in [4.69, 9.17) is 4.74 Å². The molecule has 4 nitrogen and oxygen atoms in total. The molecule has 1 amide bonds. The van der Waals surface area contributed by atoms with E-state index >= 15 is 0 Å². The van der Waals surface area contributed by atoms with Gasteiger partial charge in [0.25, 0.3) is 0 Å². The highest BCUT2D eigenvalue weighted by atomic mass is 16.6. The van der Waals surface area contributed by atoms with Crippen molar-refractivity contribution in [1.29, 1.82) is 0 Å². The van der Waals surface area contributed by atoms with Crippen LogP contribution in [0.3, 0.4) is 0 Å². The van der Waals surface area contributed by atoms with Gasteiger partial charge in [-0.25, -0.2) is 4.79 Å². The number of hydrogen-bond donors (Lipinski definition) is 2. The van der Waals surface area contributed by atoms with Crippen molar-refractivity contribution in [2.75, 3.05) is 10.6 Å². The average Bonchev–Trinajstić information content (AvgIpc) is 2.37. The zero-order chi connectivity index (χ0) is 17.0. The molecule has 2 unspecified atom stereocenters. The Balaban J connectivity index is 1.88. The summed E-state index contributed by atoms with van der Waals surface area (Å²) in [5.41, 5.74) is 1.36. The smallest absolute Gasteiger partial charge is 0.412 e. The first-order chi connectivity index (χ1) is 10.7. The highest BCUT2D eigenvalue weighted by molar-refractivity contribution is 5.85. The molecule has 0 aromatic heterocycles. The highest BCUT2D eigenvalue weighted by Crippen LogP contribution is 2.30. The van der Waals surface area contributed by atoms with Gasteiger partial charge >= 0.3 is 6.09 Å². The largest absolute Gasteiger partial charge is 0.444 e. The first-order valence-electron chi connectivity index (χ1n) is 8.58. The molecule has 0 heterocycles. The van der Waals surface area contributed by atoms with E-state index in [0.29, 0.717) is 6.04 Å². The van der Waals surface area contributed by atoms with Crippen LogP contribution in [-0.2, 0) is 4.74 Å². The maximum atomic E-state index is 11.8. The van der Waals surface area contributed by atoms with Crippen molar-refractivity contribution in [3.8, 4) is 0 Å². The van der Waals surface area contributed by atoms with Crippen molar-refractivity contribution < 1.29 is 9.53 Å². The van der Waals surface area contributed by atoms with Crippen LogP contribution in [0.2, 0.25) is 0 Å². The number of carbonyl (C=O) groups excluding carboxylic acids is 1. The summed E-state index contributed by atoms with van der Waals surface area (Å²) in [5.74, 6) is 1.56. The first kappa shape index (κ1) is 17.6. The average molecular weight is 318 g/mol. The number of rotatable bonds is 3. The summed E-state index contributed by atoms with van der Waals surface area (Å²) in [7, 11) is 0. The van der Waals surface area contributed by atoms with E-state index in [2.05, 4.69) is 24.5 Å². The summed E-state index contributed by atoms with van der Waals surface area (Å²) in [4.78, 5) is 11.8. The summed E-state index contributed by atoms with van der Waals surface area (Å²) < 4.78 is 5.25. The summed E-state index contributed by atoms with van der Waals surface area (Å²) in [6.07, 6.45) is 3.36. The van der Waals surface area contributed by atoms with E-state index < -0.39 is 11.7 Å². The fraction of sp³-hybridized carbons (Fsp3) is 0.632. The van der Waals surface area contributed by atoms with Crippen LogP contribution in [0.25, 0.3) is 0 Å². The third kappa shape index (κ3) is 6.12. The van der Waals surface area contributed by atoms with Crippen LogP contribution in [0, 0.1) is 11.8 Å². The minimum atomic E-state index is -0.486. The van der Waals surface area contributed by atoms with Crippen molar-refractivity contribution in [2.45, 2.75) is 65.5 Å². The van der Waals surface area contributed by atoms with E-state index in [1.165, 1.54) is 19.3 Å². The zero-order valence-electron chi connectivity index (χ0n) is 15.0. The Kier molecular flexibility index (Phi) is 5.55. The molecular weight excluding hydrogens is 288 g/mol. The predicted octanol–water partition coefficient (Wildman–Crippen LogP) is 5.27. The van der Waals surface area contributed by atoms with E-state index in [1.54, 1.807) is 0 Å². The van der Waals surface area contributed by atoms with Gasteiger partial charge in [0, 0.05) is 17.4 Å². The minimum absolute atomic E-state index is 0.423. The Morgan fingerprint density at radius 1 is 1.00 bits per heavy atom. The second-order valence-corrected chi connectivity index (χ2v) is 7.96. The molecule has 0 spiro atoms. The number of anilines is 2. The Bertz CT molecular complexity index is 509. The molecule has 1 aromatic carbocycles. The van der Waals surface area contributed by atoms with Crippen LogP contribution in [0.15, 0.2) is 24.3 Å². The maximum absolute atomic E-state index is 11.8. The quantitative estimate of drug-likeness (QED) is 0.798. The lowest BCUT2D eigenvalue weighted by molar-refractivity contribution is 0.0636. The van der Waals surface area contributed by atoms with Crippen LogP contribution >= 0.6 is 0 Å². The molecular formula is C19H30N2O2. The van der Waals surface area contributed by atoms with Gasteiger partial charge in [0.1, 0.15) is 5.60 Å². The van der Waals surface area contributed by atoms with Crippen molar-refractivity contribution in [3.63, 3.8) is 0 Å². The van der Waals surface area contributed by atoms with E-state index in [-0.39, 0.29) is 0 Å². The van der Waals surface area contributed by atoms with E-state index in [9.17, 15) is 4.79 Å². The highest BCUT2D eigenvalue weighted by Gasteiger charge is 2.23.